The number of fused-ring (bicyclic) bond motifs is 1. The van der Waals surface area contributed by atoms with Crippen LogP contribution in [0.1, 0.15) is 16.8 Å². The molecule has 1 aliphatic rings. The number of carboxylic acids is 1. The van der Waals surface area contributed by atoms with Crippen molar-refractivity contribution in [2.75, 3.05) is 36.6 Å². The van der Waals surface area contributed by atoms with E-state index in [9.17, 15) is 28.8 Å². The summed E-state index contributed by atoms with van der Waals surface area (Å²) in [6, 6.07) is 12.0. The fourth-order valence-corrected chi connectivity index (χ4v) is 3.84. The molecule has 37 heavy (non-hydrogen) atoms. The van der Waals surface area contributed by atoms with Crippen LogP contribution in [0.4, 0.5) is 11.4 Å². The fourth-order valence-electron chi connectivity index (χ4n) is 3.84. The van der Waals surface area contributed by atoms with Crippen molar-refractivity contribution in [1.29, 1.82) is 0 Å². The second-order valence-corrected chi connectivity index (χ2v) is 8.15. The molecule has 1 unspecified atom stereocenters. The zero-order valence-electron chi connectivity index (χ0n) is 20.0. The molecule has 0 aliphatic carbocycles. The molecule has 0 saturated carbocycles. The molecular formula is C25H26N4O8. The number of amides is 4. The number of rotatable bonds is 10. The molecule has 3 rings (SSSR count). The van der Waals surface area contributed by atoms with E-state index in [1.807, 2.05) is 0 Å². The molecule has 0 aromatic heterocycles. The van der Waals surface area contributed by atoms with Crippen LogP contribution in [0.2, 0.25) is 0 Å². The smallest absolute Gasteiger partial charge is 0.305 e. The number of benzene rings is 2. The molecule has 194 valence electrons. The number of hydrogen-bond acceptors (Lipinski definition) is 7. The Kier molecular flexibility index (Phi) is 9.05. The van der Waals surface area contributed by atoms with E-state index in [0.717, 1.165) is 4.90 Å². The van der Waals surface area contributed by atoms with Gasteiger partial charge in [-0.2, -0.15) is 0 Å². The van der Waals surface area contributed by atoms with Gasteiger partial charge in [0.2, 0.25) is 5.91 Å². The minimum atomic E-state index is -1.30. The topological polar surface area (TPSA) is 162 Å². The van der Waals surface area contributed by atoms with Crippen molar-refractivity contribution < 1.29 is 38.6 Å². The van der Waals surface area contributed by atoms with Crippen molar-refractivity contribution >= 4 is 47.3 Å². The summed E-state index contributed by atoms with van der Waals surface area (Å²) in [6.07, 6.45) is -0.340. The van der Waals surface area contributed by atoms with Crippen LogP contribution >= 0.6 is 0 Å². The average Bonchev–Trinajstić information content (AvgIpc) is 2.99. The Balaban J connectivity index is 1.97. The lowest BCUT2D eigenvalue weighted by molar-refractivity contribution is -0.139. The molecule has 0 radical (unpaired) electrons. The maximum atomic E-state index is 13.7. The van der Waals surface area contributed by atoms with E-state index in [2.05, 4.69) is 10.6 Å². The van der Waals surface area contributed by atoms with Crippen LogP contribution in [-0.4, -0.2) is 79.9 Å². The number of anilines is 2. The predicted molar refractivity (Wildman–Crippen MR) is 131 cm³/mol. The van der Waals surface area contributed by atoms with Crippen molar-refractivity contribution in [3.63, 3.8) is 0 Å². The number of hydrogen-bond donors (Lipinski definition) is 3. The van der Waals surface area contributed by atoms with E-state index < -0.39 is 54.6 Å². The summed E-state index contributed by atoms with van der Waals surface area (Å²) in [7, 11) is 1.35. The zero-order chi connectivity index (χ0) is 26.9. The minimum Gasteiger partial charge on any atom is -0.481 e. The molecule has 0 bridgehead atoms. The van der Waals surface area contributed by atoms with Gasteiger partial charge in [-0.05, 0) is 24.3 Å². The van der Waals surface area contributed by atoms with Gasteiger partial charge in [-0.3, -0.25) is 28.9 Å². The van der Waals surface area contributed by atoms with E-state index in [1.165, 1.54) is 18.1 Å². The van der Waals surface area contributed by atoms with Crippen molar-refractivity contribution in [2.45, 2.75) is 18.5 Å². The quantitative estimate of drug-likeness (QED) is 0.375. The highest BCUT2D eigenvalue weighted by Gasteiger charge is 2.37. The number of nitrogens with zero attached hydrogens (tertiary/aromatic N) is 2. The number of aliphatic carboxylic acids is 1. The Morgan fingerprint density at radius 1 is 1.08 bits per heavy atom. The molecule has 1 aliphatic heterocycles. The van der Waals surface area contributed by atoms with Gasteiger partial charge < -0.3 is 30.2 Å². The van der Waals surface area contributed by atoms with Gasteiger partial charge in [-0.1, -0.05) is 30.3 Å². The first-order valence-electron chi connectivity index (χ1n) is 11.3. The Morgan fingerprint density at radius 3 is 2.35 bits per heavy atom. The van der Waals surface area contributed by atoms with Gasteiger partial charge in [0.05, 0.1) is 30.4 Å². The summed E-state index contributed by atoms with van der Waals surface area (Å²) < 4.78 is 4.98. The number of carboxylic acid groups (broad SMARTS) is 1. The standard InChI is InChI=1S/C25H26N4O8/c1-37-15-22(32)28-12-18(27-24(35)16-7-3-2-4-8-16)25(36)29(20-10-6-5-9-19(20)28)13-21(31)26-17(14-30)11-23(33)34/h2-10,14,17-18H,11-13,15H2,1H3,(H,26,31)(H,27,35)(H,33,34)/t17-,18?/m0/s1. The van der Waals surface area contributed by atoms with E-state index in [4.69, 9.17) is 9.84 Å². The third-order valence-electron chi connectivity index (χ3n) is 5.51. The van der Waals surface area contributed by atoms with E-state index >= 15 is 0 Å². The van der Waals surface area contributed by atoms with Crippen molar-refractivity contribution in [1.82, 2.24) is 10.6 Å². The molecular weight excluding hydrogens is 484 g/mol. The lowest BCUT2D eigenvalue weighted by Gasteiger charge is -2.25. The van der Waals surface area contributed by atoms with Gasteiger partial charge in [0.1, 0.15) is 25.5 Å². The summed E-state index contributed by atoms with van der Waals surface area (Å²) in [4.78, 5) is 76.8. The fraction of sp³-hybridized carbons (Fsp3) is 0.280. The number of nitrogens with one attached hydrogen (secondary N) is 2. The van der Waals surface area contributed by atoms with Crippen LogP contribution in [0.5, 0.6) is 0 Å². The van der Waals surface area contributed by atoms with Crippen LogP contribution < -0.4 is 20.4 Å². The highest BCUT2D eigenvalue weighted by atomic mass is 16.5. The molecule has 0 saturated heterocycles. The largest absolute Gasteiger partial charge is 0.481 e. The summed E-state index contributed by atoms with van der Waals surface area (Å²) in [5.41, 5.74) is 0.808. The molecule has 12 heteroatoms. The molecule has 3 N–H and O–H groups in total. The maximum absolute atomic E-state index is 13.7. The molecule has 1 heterocycles. The molecule has 2 aromatic rings. The first kappa shape index (κ1) is 27.0. The van der Waals surface area contributed by atoms with Crippen LogP contribution in [0.25, 0.3) is 0 Å². The summed E-state index contributed by atoms with van der Waals surface area (Å²) >= 11 is 0. The van der Waals surface area contributed by atoms with Gasteiger partial charge in [0.25, 0.3) is 17.7 Å². The number of methoxy groups -OCH3 is 1. The number of para-hydroxylation sites is 2. The van der Waals surface area contributed by atoms with Gasteiger partial charge in [0.15, 0.2) is 0 Å². The normalized spacial score (nSPS) is 15.7. The second-order valence-electron chi connectivity index (χ2n) is 8.15. The Labute approximate surface area is 212 Å². The second kappa shape index (κ2) is 12.4. The first-order valence-corrected chi connectivity index (χ1v) is 11.3. The lowest BCUT2D eigenvalue weighted by Crippen LogP contribution is -2.55. The van der Waals surface area contributed by atoms with Gasteiger partial charge in [0, 0.05) is 12.7 Å². The first-order chi connectivity index (χ1) is 17.7. The highest BCUT2D eigenvalue weighted by Crippen LogP contribution is 2.33. The highest BCUT2D eigenvalue weighted by molar-refractivity contribution is 6.11. The summed E-state index contributed by atoms with van der Waals surface area (Å²) in [6.45, 7) is -1.12. The molecule has 4 amide bonds. The van der Waals surface area contributed by atoms with E-state index in [-0.39, 0.29) is 25.1 Å². The molecule has 12 nitrogen and oxygen atoms in total. The van der Waals surface area contributed by atoms with Crippen LogP contribution in [0, 0.1) is 0 Å². The average molecular weight is 511 g/mol. The van der Waals surface area contributed by atoms with Gasteiger partial charge >= 0.3 is 5.97 Å². The van der Waals surface area contributed by atoms with Gasteiger partial charge in [-0.25, -0.2) is 0 Å². The number of ether oxygens (including phenoxy) is 1. The van der Waals surface area contributed by atoms with Crippen LogP contribution in [0.3, 0.4) is 0 Å². The van der Waals surface area contributed by atoms with Crippen LogP contribution in [0.15, 0.2) is 54.6 Å². The summed E-state index contributed by atoms with van der Waals surface area (Å²) in [5.74, 6) is -3.80. The van der Waals surface area contributed by atoms with Crippen molar-refractivity contribution in [2.24, 2.45) is 0 Å². The number of aldehydes is 1. The third-order valence-corrected chi connectivity index (χ3v) is 5.51. The monoisotopic (exact) mass is 510 g/mol. The lowest BCUT2D eigenvalue weighted by atomic mass is 10.1. The zero-order valence-corrected chi connectivity index (χ0v) is 20.0. The molecule has 2 aromatic carbocycles. The maximum Gasteiger partial charge on any atom is 0.305 e. The van der Waals surface area contributed by atoms with E-state index in [0.29, 0.717) is 11.3 Å². The SMILES string of the molecule is COCC(=O)N1CC(NC(=O)c2ccccc2)C(=O)N(CC(=O)N[C@H](C=O)CC(=O)O)c2ccccc21. The number of carbonyl (C=O) groups excluding carboxylic acids is 5. The third kappa shape index (κ3) is 6.76. The van der Waals surface area contributed by atoms with Crippen molar-refractivity contribution in [3.8, 4) is 0 Å². The van der Waals surface area contributed by atoms with E-state index in [1.54, 1.807) is 48.5 Å². The molecule has 0 spiro atoms. The molecule has 2 atom stereocenters. The Morgan fingerprint density at radius 2 is 1.73 bits per heavy atom. The van der Waals surface area contributed by atoms with Gasteiger partial charge in [-0.15, -0.1) is 0 Å². The molecule has 0 fully saturated rings. The minimum absolute atomic E-state index is 0.212. The van der Waals surface area contributed by atoms with Crippen LogP contribution in [-0.2, 0) is 28.7 Å². The Hall–Kier alpha value is -4.58. The van der Waals surface area contributed by atoms with Crippen molar-refractivity contribution in [3.05, 3.63) is 60.2 Å². The summed E-state index contributed by atoms with van der Waals surface area (Å²) in [5, 5.41) is 13.9. The Bertz CT molecular complexity index is 1190. The number of carbonyl (C=O) groups is 6. The predicted octanol–water partition coefficient (Wildman–Crippen LogP) is -0.0304.